The van der Waals surface area contributed by atoms with Gasteiger partial charge in [0.25, 0.3) is 0 Å². The lowest BCUT2D eigenvalue weighted by molar-refractivity contribution is 0.0482. The summed E-state index contributed by atoms with van der Waals surface area (Å²) in [5.41, 5.74) is 0.231. The van der Waals surface area contributed by atoms with Crippen molar-refractivity contribution in [1.29, 1.82) is 0 Å². The van der Waals surface area contributed by atoms with Crippen LogP contribution in [-0.2, 0) is 4.74 Å². The van der Waals surface area contributed by atoms with Crippen molar-refractivity contribution >= 4 is 6.09 Å². The van der Waals surface area contributed by atoms with Gasteiger partial charge in [0.2, 0.25) is 0 Å². The van der Waals surface area contributed by atoms with Crippen molar-refractivity contribution in [2.24, 2.45) is 5.92 Å². The molecule has 1 amide bonds. The number of carbonyl (C=O) groups excluding carboxylic acids is 1. The second-order valence-corrected chi connectivity index (χ2v) is 7.16. The Morgan fingerprint density at radius 2 is 1.88 bits per heavy atom. The molecule has 5 nitrogen and oxygen atoms in total. The van der Waals surface area contributed by atoms with E-state index in [-0.39, 0.29) is 6.61 Å². The number of amides is 1. The standard InChI is InChI=1S/C19H31NO4/c1-6-7-14(2)13-23-16-10-8-15(9-11-16)17(12-21)20-18(22)24-19(3,4)5/h8-11,14,17,21H,6-7,12-13H2,1-5H3,(H,20,22)/t14-,17?/m1/s1. The van der Waals surface area contributed by atoms with Crippen LogP contribution in [0.4, 0.5) is 4.79 Å². The van der Waals surface area contributed by atoms with Crippen molar-refractivity contribution in [2.45, 2.75) is 59.1 Å². The quantitative estimate of drug-likeness (QED) is 0.750. The molecule has 2 N–H and O–H groups in total. The molecule has 5 heteroatoms. The van der Waals surface area contributed by atoms with Gasteiger partial charge in [0.1, 0.15) is 11.4 Å². The van der Waals surface area contributed by atoms with Gasteiger partial charge in [0.05, 0.1) is 19.3 Å². The maximum atomic E-state index is 11.8. The number of nitrogens with one attached hydrogen (secondary N) is 1. The zero-order chi connectivity index (χ0) is 18.2. The van der Waals surface area contributed by atoms with E-state index in [0.717, 1.165) is 24.2 Å². The Morgan fingerprint density at radius 1 is 1.25 bits per heavy atom. The molecule has 1 aromatic carbocycles. The molecule has 1 unspecified atom stereocenters. The monoisotopic (exact) mass is 337 g/mol. The molecule has 136 valence electrons. The van der Waals surface area contributed by atoms with Gasteiger partial charge in [0.15, 0.2) is 0 Å². The molecule has 2 atom stereocenters. The van der Waals surface area contributed by atoms with Crippen LogP contribution in [-0.4, -0.2) is 30.0 Å². The summed E-state index contributed by atoms with van der Waals surface area (Å²) in [7, 11) is 0. The number of aliphatic hydroxyl groups is 1. The summed E-state index contributed by atoms with van der Waals surface area (Å²) in [6.07, 6.45) is 1.75. The fourth-order valence-corrected chi connectivity index (χ4v) is 2.30. The van der Waals surface area contributed by atoms with Gasteiger partial charge in [-0.2, -0.15) is 0 Å². The summed E-state index contributed by atoms with van der Waals surface area (Å²) < 4.78 is 11.0. The van der Waals surface area contributed by atoms with Crippen LogP contribution in [0.2, 0.25) is 0 Å². The number of aliphatic hydroxyl groups excluding tert-OH is 1. The molecule has 0 aliphatic rings. The van der Waals surface area contributed by atoms with E-state index in [2.05, 4.69) is 19.2 Å². The van der Waals surface area contributed by atoms with E-state index >= 15 is 0 Å². The lowest BCUT2D eigenvalue weighted by Gasteiger charge is -2.23. The number of hydrogen-bond donors (Lipinski definition) is 2. The molecule has 1 aromatic rings. The predicted octanol–water partition coefficient (Wildman–Crippen LogP) is 4.06. The van der Waals surface area contributed by atoms with Crippen molar-refractivity contribution in [3.63, 3.8) is 0 Å². The molecular weight excluding hydrogens is 306 g/mol. The van der Waals surface area contributed by atoms with Crippen LogP contribution in [0.25, 0.3) is 0 Å². The highest BCUT2D eigenvalue weighted by atomic mass is 16.6. The first kappa shape index (κ1) is 20.3. The molecule has 0 aliphatic carbocycles. The molecule has 0 radical (unpaired) electrons. The number of hydrogen-bond acceptors (Lipinski definition) is 4. The first-order chi connectivity index (χ1) is 11.2. The van der Waals surface area contributed by atoms with Gasteiger partial charge >= 0.3 is 6.09 Å². The molecule has 0 fully saturated rings. The highest BCUT2D eigenvalue weighted by Crippen LogP contribution is 2.19. The number of carbonyl (C=O) groups is 1. The normalized spacial score (nSPS) is 13.9. The van der Waals surface area contributed by atoms with Gasteiger partial charge in [-0.15, -0.1) is 0 Å². The first-order valence-corrected chi connectivity index (χ1v) is 8.58. The van der Waals surface area contributed by atoms with Crippen molar-refractivity contribution < 1.29 is 19.4 Å². The van der Waals surface area contributed by atoms with E-state index in [1.807, 2.05) is 24.3 Å². The molecule has 24 heavy (non-hydrogen) atoms. The third-order valence-electron chi connectivity index (χ3n) is 3.47. The van der Waals surface area contributed by atoms with Crippen molar-refractivity contribution in [3.05, 3.63) is 29.8 Å². The van der Waals surface area contributed by atoms with E-state index < -0.39 is 17.7 Å². The topological polar surface area (TPSA) is 67.8 Å². The average Bonchev–Trinajstić information content (AvgIpc) is 2.50. The second kappa shape index (κ2) is 9.52. The highest BCUT2D eigenvalue weighted by Gasteiger charge is 2.20. The van der Waals surface area contributed by atoms with Crippen LogP contribution < -0.4 is 10.1 Å². The molecule has 0 aromatic heterocycles. The van der Waals surface area contributed by atoms with Crippen LogP contribution in [0.1, 0.15) is 59.1 Å². The number of alkyl carbamates (subject to hydrolysis) is 1. The van der Waals surface area contributed by atoms with E-state index in [9.17, 15) is 9.90 Å². The van der Waals surface area contributed by atoms with E-state index in [1.165, 1.54) is 0 Å². The van der Waals surface area contributed by atoms with Crippen LogP contribution in [0, 0.1) is 5.92 Å². The molecule has 0 spiro atoms. The van der Waals surface area contributed by atoms with E-state index in [1.54, 1.807) is 20.8 Å². The first-order valence-electron chi connectivity index (χ1n) is 8.58. The van der Waals surface area contributed by atoms with Gasteiger partial charge < -0.3 is 19.9 Å². The lowest BCUT2D eigenvalue weighted by atomic mass is 10.1. The highest BCUT2D eigenvalue weighted by molar-refractivity contribution is 5.68. The smallest absolute Gasteiger partial charge is 0.408 e. The minimum absolute atomic E-state index is 0.201. The molecule has 0 heterocycles. The fraction of sp³-hybridized carbons (Fsp3) is 0.632. The average molecular weight is 337 g/mol. The Kier molecular flexibility index (Phi) is 8.05. The summed E-state index contributed by atoms with van der Waals surface area (Å²) in [5, 5.41) is 12.2. The van der Waals surface area contributed by atoms with Crippen molar-refractivity contribution in [3.8, 4) is 5.75 Å². The molecule has 0 saturated heterocycles. The lowest BCUT2D eigenvalue weighted by Crippen LogP contribution is -2.36. The molecule has 0 saturated carbocycles. The minimum atomic E-state index is -0.572. The Hall–Kier alpha value is -1.75. The van der Waals surface area contributed by atoms with Crippen LogP contribution in [0.3, 0.4) is 0 Å². The second-order valence-electron chi connectivity index (χ2n) is 7.16. The van der Waals surface area contributed by atoms with Crippen LogP contribution in [0.5, 0.6) is 5.75 Å². The SMILES string of the molecule is CCC[C@@H](C)COc1ccc(C(CO)NC(=O)OC(C)(C)C)cc1. The summed E-state index contributed by atoms with van der Waals surface area (Å²) in [6, 6.07) is 6.89. The predicted molar refractivity (Wildman–Crippen MR) is 95.2 cm³/mol. The zero-order valence-electron chi connectivity index (χ0n) is 15.5. The molecular formula is C19H31NO4. The van der Waals surface area contributed by atoms with Gasteiger partial charge in [-0.25, -0.2) is 4.79 Å². The van der Waals surface area contributed by atoms with Crippen molar-refractivity contribution in [1.82, 2.24) is 5.32 Å². The molecule has 0 bridgehead atoms. The van der Waals surface area contributed by atoms with Crippen LogP contribution in [0.15, 0.2) is 24.3 Å². The number of benzene rings is 1. The Morgan fingerprint density at radius 3 is 2.38 bits per heavy atom. The third kappa shape index (κ3) is 7.68. The maximum absolute atomic E-state index is 11.8. The van der Waals surface area contributed by atoms with Gasteiger partial charge in [-0.3, -0.25) is 0 Å². The summed E-state index contributed by atoms with van der Waals surface area (Å²) in [4.78, 5) is 11.8. The van der Waals surface area contributed by atoms with Crippen LogP contribution >= 0.6 is 0 Å². The van der Waals surface area contributed by atoms with Gasteiger partial charge in [-0.1, -0.05) is 32.4 Å². The zero-order valence-corrected chi connectivity index (χ0v) is 15.5. The van der Waals surface area contributed by atoms with Gasteiger partial charge in [0, 0.05) is 0 Å². The summed E-state index contributed by atoms with van der Waals surface area (Å²) >= 11 is 0. The molecule has 1 rings (SSSR count). The Bertz CT molecular complexity index is 493. The maximum Gasteiger partial charge on any atom is 0.408 e. The summed E-state index contributed by atoms with van der Waals surface area (Å²) in [6.45, 7) is 10.2. The van der Waals surface area contributed by atoms with E-state index in [4.69, 9.17) is 9.47 Å². The van der Waals surface area contributed by atoms with E-state index in [0.29, 0.717) is 12.5 Å². The van der Waals surface area contributed by atoms with Crippen molar-refractivity contribution in [2.75, 3.05) is 13.2 Å². The third-order valence-corrected chi connectivity index (χ3v) is 3.47. The minimum Gasteiger partial charge on any atom is -0.493 e. The molecule has 0 aliphatic heterocycles. The number of ether oxygens (including phenoxy) is 2. The van der Waals surface area contributed by atoms with Gasteiger partial charge in [-0.05, 0) is 50.8 Å². The Labute approximate surface area is 145 Å². The number of rotatable bonds is 8. The summed E-state index contributed by atoms with van der Waals surface area (Å²) in [5.74, 6) is 1.31. The fourth-order valence-electron chi connectivity index (χ4n) is 2.30. The largest absolute Gasteiger partial charge is 0.493 e. The Balaban J connectivity index is 2.60.